The summed E-state index contributed by atoms with van der Waals surface area (Å²) in [4.78, 5) is 20.5. The van der Waals surface area contributed by atoms with E-state index in [0.29, 0.717) is 11.3 Å². The summed E-state index contributed by atoms with van der Waals surface area (Å²) in [6, 6.07) is 22.8. The van der Waals surface area contributed by atoms with Crippen molar-refractivity contribution in [3.05, 3.63) is 82.8 Å². The smallest absolute Gasteiger partial charge is 0.255 e. The number of imidazole rings is 1. The van der Waals surface area contributed by atoms with Gasteiger partial charge in [0.2, 0.25) is 0 Å². The molecule has 2 N–H and O–H groups in total. The van der Waals surface area contributed by atoms with Crippen LogP contribution in [-0.2, 0) is 0 Å². The molecule has 0 atom stereocenters. The number of carbonyl (C=O) groups excluding carboxylic acids is 1. The van der Waals surface area contributed by atoms with Crippen molar-refractivity contribution < 1.29 is 4.79 Å². The van der Waals surface area contributed by atoms with Crippen molar-refractivity contribution in [3.8, 4) is 11.4 Å². The molecule has 4 aromatic rings. The second-order valence-corrected chi connectivity index (χ2v) is 6.53. The van der Waals surface area contributed by atoms with Crippen LogP contribution in [0.4, 0.5) is 5.69 Å². The van der Waals surface area contributed by atoms with Crippen molar-refractivity contribution in [1.82, 2.24) is 9.97 Å². The van der Waals surface area contributed by atoms with Crippen molar-refractivity contribution in [3.63, 3.8) is 0 Å². The minimum atomic E-state index is -0.162. The van der Waals surface area contributed by atoms with Gasteiger partial charge in [0.15, 0.2) is 0 Å². The largest absolute Gasteiger partial charge is 0.338 e. The summed E-state index contributed by atoms with van der Waals surface area (Å²) in [6.07, 6.45) is 0. The Kier molecular flexibility index (Phi) is 4.07. The summed E-state index contributed by atoms with van der Waals surface area (Å²) in [5.74, 6) is 0.566. The number of para-hydroxylation sites is 3. The van der Waals surface area contributed by atoms with E-state index in [1.54, 1.807) is 12.1 Å². The topological polar surface area (TPSA) is 57.8 Å². The summed E-state index contributed by atoms with van der Waals surface area (Å²) in [7, 11) is 0. The number of halogens is 1. The lowest BCUT2D eigenvalue weighted by molar-refractivity contribution is 0.102. The molecule has 1 heterocycles. The highest BCUT2D eigenvalue weighted by Gasteiger charge is 2.13. The predicted molar refractivity (Wildman–Crippen MR) is 104 cm³/mol. The van der Waals surface area contributed by atoms with E-state index in [1.807, 2.05) is 60.7 Å². The third-order valence-electron chi connectivity index (χ3n) is 3.91. The maximum Gasteiger partial charge on any atom is 0.255 e. The minimum absolute atomic E-state index is 0.162. The number of benzene rings is 3. The van der Waals surface area contributed by atoms with Gasteiger partial charge in [-0.25, -0.2) is 4.98 Å². The van der Waals surface area contributed by atoms with Crippen LogP contribution in [0.1, 0.15) is 10.4 Å². The van der Waals surface area contributed by atoms with E-state index in [1.165, 1.54) is 0 Å². The van der Waals surface area contributed by atoms with Gasteiger partial charge in [0.25, 0.3) is 5.91 Å². The van der Waals surface area contributed by atoms with Gasteiger partial charge in [-0.3, -0.25) is 4.79 Å². The highest BCUT2D eigenvalue weighted by atomic mass is 79.9. The van der Waals surface area contributed by atoms with Gasteiger partial charge in [0.05, 0.1) is 16.7 Å². The Balaban J connectivity index is 1.70. The van der Waals surface area contributed by atoms with Crippen LogP contribution in [-0.4, -0.2) is 15.9 Å². The molecule has 0 aliphatic carbocycles. The standard InChI is InChI=1S/C20H14BrN3O/c21-14-7-5-6-13(12-14)20(25)24-16-9-2-1-8-15(16)19-22-17-10-3-4-11-18(17)23-19/h1-12H,(H,22,23)(H,24,25). The van der Waals surface area contributed by atoms with E-state index in [9.17, 15) is 4.79 Å². The number of aromatic amines is 1. The third kappa shape index (κ3) is 3.19. The number of fused-ring (bicyclic) bond motifs is 1. The molecule has 1 amide bonds. The first-order valence-electron chi connectivity index (χ1n) is 7.82. The van der Waals surface area contributed by atoms with E-state index < -0.39 is 0 Å². The van der Waals surface area contributed by atoms with Crippen LogP contribution < -0.4 is 5.32 Å². The Labute approximate surface area is 153 Å². The average molecular weight is 392 g/mol. The van der Waals surface area contributed by atoms with Gasteiger partial charge in [-0.1, -0.05) is 46.3 Å². The third-order valence-corrected chi connectivity index (χ3v) is 4.40. The molecule has 4 nitrogen and oxygen atoms in total. The molecular formula is C20H14BrN3O. The normalized spacial score (nSPS) is 10.8. The molecule has 0 saturated carbocycles. The van der Waals surface area contributed by atoms with Gasteiger partial charge in [-0.15, -0.1) is 0 Å². The molecule has 4 rings (SSSR count). The number of H-pyrrole nitrogens is 1. The monoisotopic (exact) mass is 391 g/mol. The van der Waals surface area contributed by atoms with E-state index in [4.69, 9.17) is 0 Å². The Morgan fingerprint density at radius 2 is 1.76 bits per heavy atom. The van der Waals surface area contributed by atoms with Crippen LogP contribution in [0.3, 0.4) is 0 Å². The van der Waals surface area contributed by atoms with Crippen molar-refractivity contribution in [2.24, 2.45) is 0 Å². The Morgan fingerprint density at radius 1 is 0.960 bits per heavy atom. The highest BCUT2D eigenvalue weighted by molar-refractivity contribution is 9.10. The number of nitrogens with zero attached hydrogens (tertiary/aromatic N) is 1. The molecular weight excluding hydrogens is 378 g/mol. The number of anilines is 1. The molecule has 0 aliphatic heterocycles. The number of carbonyl (C=O) groups is 1. The quantitative estimate of drug-likeness (QED) is 0.501. The number of aromatic nitrogens is 2. The summed E-state index contributed by atoms with van der Waals surface area (Å²) in [5.41, 5.74) is 4.01. The fourth-order valence-electron chi connectivity index (χ4n) is 2.70. The van der Waals surface area contributed by atoms with Crippen molar-refractivity contribution in [2.75, 3.05) is 5.32 Å². The molecule has 0 fully saturated rings. The summed E-state index contributed by atoms with van der Waals surface area (Å²) in [6.45, 7) is 0. The lowest BCUT2D eigenvalue weighted by Gasteiger charge is -2.09. The second kappa shape index (κ2) is 6.53. The first kappa shape index (κ1) is 15.6. The molecule has 1 aromatic heterocycles. The molecule has 0 saturated heterocycles. The maximum atomic E-state index is 12.6. The Hall–Kier alpha value is -2.92. The van der Waals surface area contributed by atoms with Gasteiger partial charge < -0.3 is 10.3 Å². The molecule has 5 heteroatoms. The SMILES string of the molecule is O=C(Nc1ccccc1-c1nc2ccccc2[nH]1)c1cccc(Br)c1. The minimum Gasteiger partial charge on any atom is -0.338 e. The van der Waals surface area contributed by atoms with Crippen LogP contribution in [0.15, 0.2) is 77.3 Å². The number of rotatable bonds is 3. The number of hydrogen-bond acceptors (Lipinski definition) is 2. The first-order valence-corrected chi connectivity index (χ1v) is 8.61. The fourth-order valence-corrected chi connectivity index (χ4v) is 3.10. The molecule has 0 radical (unpaired) electrons. The van der Waals surface area contributed by atoms with E-state index in [0.717, 1.165) is 26.9 Å². The number of nitrogens with one attached hydrogen (secondary N) is 2. The molecule has 3 aromatic carbocycles. The lowest BCUT2D eigenvalue weighted by atomic mass is 10.1. The van der Waals surface area contributed by atoms with E-state index in [2.05, 4.69) is 31.2 Å². The Morgan fingerprint density at radius 3 is 2.60 bits per heavy atom. The number of hydrogen-bond donors (Lipinski definition) is 2. The lowest BCUT2D eigenvalue weighted by Crippen LogP contribution is -2.12. The average Bonchev–Trinajstić information content (AvgIpc) is 3.06. The van der Waals surface area contributed by atoms with Gasteiger partial charge in [0, 0.05) is 15.6 Å². The summed E-state index contributed by atoms with van der Waals surface area (Å²) in [5, 5.41) is 2.98. The van der Waals surface area contributed by atoms with Crippen LogP contribution in [0.25, 0.3) is 22.4 Å². The molecule has 0 aliphatic rings. The molecule has 0 spiro atoms. The second-order valence-electron chi connectivity index (χ2n) is 5.61. The summed E-state index contributed by atoms with van der Waals surface area (Å²) >= 11 is 3.39. The van der Waals surface area contributed by atoms with Crippen molar-refractivity contribution >= 4 is 38.6 Å². The van der Waals surface area contributed by atoms with Crippen LogP contribution in [0.5, 0.6) is 0 Å². The van der Waals surface area contributed by atoms with Gasteiger partial charge in [-0.05, 0) is 42.5 Å². The van der Waals surface area contributed by atoms with Gasteiger partial charge in [-0.2, -0.15) is 0 Å². The van der Waals surface area contributed by atoms with Crippen LogP contribution >= 0.6 is 15.9 Å². The van der Waals surface area contributed by atoms with Crippen molar-refractivity contribution in [1.29, 1.82) is 0 Å². The van der Waals surface area contributed by atoms with E-state index in [-0.39, 0.29) is 5.91 Å². The summed E-state index contributed by atoms with van der Waals surface area (Å²) < 4.78 is 0.866. The fraction of sp³-hybridized carbons (Fsp3) is 0. The highest BCUT2D eigenvalue weighted by Crippen LogP contribution is 2.28. The maximum absolute atomic E-state index is 12.6. The molecule has 122 valence electrons. The molecule has 0 unspecified atom stereocenters. The van der Waals surface area contributed by atoms with Gasteiger partial charge in [0.1, 0.15) is 5.82 Å². The van der Waals surface area contributed by atoms with Gasteiger partial charge >= 0.3 is 0 Å². The zero-order valence-electron chi connectivity index (χ0n) is 13.2. The first-order chi connectivity index (χ1) is 12.2. The molecule has 0 bridgehead atoms. The molecule has 25 heavy (non-hydrogen) atoms. The zero-order chi connectivity index (χ0) is 17.2. The number of amides is 1. The predicted octanol–water partition coefficient (Wildman–Crippen LogP) is 5.24. The Bertz CT molecular complexity index is 1040. The van der Waals surface area contributed by atoms with E-state index >= 15 is 0 Å². The van der Waals surface area contributed by atoms with Crippen LogP contribution in [0, 0.1) is 0 Å². The van der Waals surface area contributed by atoms with Crippen LogP contribution in [0.2, 0.25) is 0 Å². The zero-order valence-corrected chi connectivity index (χ0v) is 14.7. The van der Waals surface area contributed by atoms with Crippen molar-refractivity contribution in [2.45, 2.75) is 0 Å².